The van der Waals surface area contributed by atoms with Gasteiger partial charge in [0.25, 0.3) is 5.91 Å². The summed E-state index contributed by atoms with van der Waals surface area (Å²) in [6.45, 7) is 3.39. The van der Waals surface area contributed by atoms with Crippen molar-refractivity contribution in [1.82, 2.24) is 5.32 Å². The Labute approximate surface area is 119 Å². The van der Waals surface area contributed by atoms with Gasteiger partial charge in [0, 0.05) is 23.0 Å². The summed E-state index contributed by atoms with van der Waals surface area (Å²) in [7, 11) is 0. The maximum absolute atomic E-state index is 13.2. The molecule has 104 valence electrons. The lowest BCUT2D eigenvalue weighted by Gasteiger charge is -2.22. The van der Waals surface area contributed by atoms with Gasteiger partial charge in [0.15, 0.2) is 5.79 Å². The van der Waals surface area contributed by atoms with Crippen LogP contribution in [0.5, 0.6) is 0 Å². The molecule has 0 radical (unpaired) electrons. The van der Waals surface area contributed by atoms with Crippen molar-refractivity contribution in [2.45, 2.75) is 19.1 Å². The van der Waals surface area contributed by atoms with Gasteiger partial charge in [-0.1, -0.05) is 15.9 Å². The molecule has 0 aromatic heterocycles. The number of hydrogen-bond donors (Lipinski definition) is 1. The summed E-state index contributed by atoms with van der Waals surface area (Å²) in [5.74, 6) is -1.40. The van der Waals surface area contributed by atoms with Crippen molar-refractivity contribution in [1.29, 1.82) is 0 Å². The van der Waals surface area contributed by atoms with Crippen molar-refractivity contribution in [3.8, 4) is 0 Å². The Hall–Kier alpha value is -0.980. The minimum absolute atomic E-state index is 0.283. The Balaban J connectivity index is 1.87. The van der Waals surface area contributed by atoms with Crippen LogP contribution in [0.15, 0.2) is 22.7 Å². The first-order valence-electron chi connectivity index (χ1n) is 6.01. The van der Waals surface area contributed by atoms with Crippen molar-refractivity contribution in [2.75, 3.05) is 19.8 Å². The topological polar surface area (TPSA) is 47.6 Å². The quantitative estimate of drug-likeness (QED) is 0.921. The number of rotatable bonds is 4. The van der Waals surface area contributed by atoms with E-state index in [1.165, 1.54) is 12.1 Å². The fraction of sp³-hybridized carbons (Fsp3) is 0.462. The number of carbonyl (C=O) groups is 1. The first-order chi connectivity index (χ1) is 8.98. The number of halogens is 2. The maximum Gasteiger partial charge on any atom is 0.251 e. The van der Waals surface area contributed by atoms with Crippen LogP contribution in [0.25, 0.3) is 0 Å². The summed E-state index contributed by atoms with van der Waals surface area (Å²) in [5, 5.41) is 2.72. The van der Waals surface area contributed by atoms with Crippen molar-refractivity contribution >= 4 is 21.8 Å². The summed E-state index contributed by atoms with van der Waals surface area (Å²) < 4.78 is 24.6. The highest BCUT2D eigenvalue weighted by Gasteiger charge is 2.30. The Bertz CT molecular complexity index is 455. The van der Waals surface area contributed by atoms with Crippen molar-refractivity contribution in [3.63, 3.8) is 0 Å². The van der Waals surface area contributed by atoms with Crippen LogP contribution >= 0.6 is 15.9 Å². The molecule has 1 fully saturated rings. The molecule has 1 aliphatic heterocycles. The Morgan fingerprint density at radius 3 is 2.74 bits per heavy atom. The van der Waals surface area contributed by atoms with E-state index in [-0.39, 0.29) is 11.5 Å². The van der Waals surface area contributed by atoms with Gasteiger partial charge in [-0.2, -0.15) is 0 Å². The first kappa shape index (κ1) is 14.4. The normalized spacial score (nSPS) is 17.4. The third-order valence-electron chi connectivity index (χ3n) is 2.89. The van der Waals surface area contributed by atoms with E-state index in [1.807, 2.05) is 6.92 Å². The molecule has 2 rings (SSSR count). The van der Waals surface area contributed by atoms with Crippen molar-refractivity contribution in [3.05, 3.63) is 34.1 Å². The molecule has 0 spiro atoms. The predicted octanol–water partition coefficient (Wildman–Crippen LogP) is 2.47. The van der Waals surface area contributed by atoms with Gasteiger partial charge in [-0.25, -0.2) is 4.39 Å². The van der Waals surface area contributed by atoms with E-state index in [1.54, 1.807) is 6.07 Å². The van der Waals surface area contributed by atoms with E-state index < -0.39 is 11.6 Å². The number of amides is 1. The van der Waals surface area contributed by atoms with E-state index in [0.717, 1.165) is 0 Å². The van der Waals surface area contributed by atoms with Crippen LogP contribution in [0, 0.1) is 5.82 Å². The summed E-state index contributed by atoms with van der Waals surface area (Å²) in [6, 6.07) is 4.07. The van der Waals surface area contributed by atoms with E-state index in [0.29, 0.717) is 30.7 Å². The Kier molecular flexibility index (Phi) is 4.54. The smallest absolute Gasteiger partial charge is 0.251 e. The second-order valence-corrected chi connectivity index (χ2v) is 5.41. The van der Waals surface area contributed by atoms with E-state index in [2.05, 4.69) is 21.2 Å². The van der Waals surface area contributed by atoms with Crippen LogP contribution in [0.3, 0.4) is 0 Å². The zero-order valence-electron chi connectivity index (χ0n) is 10.5. The molecule has 1 aromatic rings. The highest BCUT2D eigenvalue weighted by Crippen LogP contribution is 2.21. The molecular formula is C13H15BrFNO3. The number of hydrogen-bond acceptors (Lipinski definition) is 3. The molecule has 1 saturated heterocycles. The molecule has 4 nitrogen and oxygen atoms in total. The lowest BCUT2D eigenvalue weighted by atomic mass is 10.2. The fourth-order valence-corrected chi connectivity index (χ4v) is 2.36. The molecule has 19 heavy (non-hydrogen) atoms. The molecular weight excluding hydrogens is 317 g/mol. The monoisotopic (exact) mass is 331 g/mol. The van der Waals surface area contributed by atoms with Crippen LogP contribution in [-0.2, 0) is 9.47 Å². The third-order valence-corrected chi connectivity index (χ3v) is 3.35. The molecule has 0 saturated carbocycles. The molecule has 1 N–H and O–H groups in total. The molecule has 1 aliphatic rings. The van der Waals surface area contributed by atoms with Crippen molar-refractivity contribution < 1.29 is 18.7 Å². The zero-order valence-corrected chi connectivity index (χ0v) is 12.1. The van der Waals surface area contributed by atoms with Crippen LogP contribution in [0.2, 0.25) is 0 Å². The summed E-state index contributed by atoms with van der Waals surface area (Å²) in [5.41, 5.74) is 0.283. The van der Waals surface area contributed by atoms with E-state index in [9.17, 15) is 9.18 Å². The second-order valence-electron chi connectivity index (χ2n) is 4.49. The largest absolute Gasteiger partial charge is 0.352 e. The van der Waals surface area contributed by atoms with Gasteiger partial charge >= 0.3 is 0 Å². The molecule has 0 unspecified atom stereocenters. The van der Waals surface area contributed by atoms with Crippen LogP contribution in [0.4, 0.5) is 4.39 Å². The van der Waals surface area contributed by atoms with Gasteiger partial charge in [-0.3, -0.25) is 4.79 Å². The summed E-state index contributed by atoms with van der Waals surface area (Å²) in [4.78, 5) is 11.8. The van der Waals surface area contributed by atoms with Gasteiger partial charge in [0.05, 0.1) is 13.2 Å². The average Bonchev–Trinajstić information content (AvgIpc) is 2.75. The molecule has 0 bridgehead atoms. The number of ether oxygens (including phenoxy) is 2. The van der Waals surface area contributed by atoms with Gasteiger partial charge in [-0.05, 0) is 25.1 Å². The lowest BCUT2D eigenvalue weighted by Crippen LogP contribution is -2.33. The van der Waals surface area contributed by atoms with Crippen LogP contribution in [-0.4, -0.2) is 31.5 Å². The van der Waals surface area contributed by atoms with E-state index >= 15 is 0 Å². The molecule has 0 aliphatic carbocycles. The number of benzene rings is 1. The van der Waals surface area contributed by atoms with Crippen LogP contribution in [0.1, 0.15) is 23.7 Å². The lowest BCUT2D eigenvalue weighted by molar-refractivity contribution is -0.145. The third kappa shape index (κ3) is 3.99. The predicted molar refractivity (Wildman–Crippen MR) is 71.4 cm³/mol. The number of carbonyl (C=O) groups excluding carboxylic acids is 1. The SMILES string of the molecule is CC1(CCNC(=O)c2cc(F)cc(Br)c2)OCCO1. The summed E-state index contributed by atoms with van der Waals surface area (Å²) >= 11 is 3.15. The minimum atomic E-state index is -0.629. The highest BCUT2D eigenvalue weighted by atomic mass is 79.9. The van der Waals surface area contributed by atoms with Gasteiger partial charge < -0.3 is 14.8 Å². The second kappa shape index (κ2) is 5.98. The van der Waals surface area contributed by atoms with Gasteiger partial charge in [-0.15, -0.1) is 0 Å². The standard InChI is InChI=1S/C13H15BrFNO3/c1-13(18-4-5-19-13)2-3-16-12(17)9-6-10(14)8-11(15)7-9/h6-8H,2-5H2,1H3,(H,16,17). The molecule has 1 aromatic carbocycles. The fourth-order valence-electron chi connectivity index (χ4n) is 1.89. The van der Waals surface area contributed by atoms with Gasteiger partial charge in [0.1, 0.15) is 5.82 Å². The first-order valence-corrected chi connectivity index (χ1v) is 6.80. The van der Waals surface area contributed by atoms with Gasteiger partial charge in [0.2, 0.25) is 0 Å². The summed E-state index contributed by atoms with van der Waals surface area (Å²) in [6.07, 6.45) is 0.551. The van der Waals surface area contributed by atoms with Crippen molar-refractivity contribution in [2.24, 2.45) is 0 Å². The minimum Gasteiger partial charge on any atom is -0.352 e. The Morgan fingerprint density at radius 2 is 2.11 bits per heavy atom. The highest BCUT2D eigenvalue weighted by molar-refractivity contribution is 9.10. The number of nitrogens with one attached hydrogen (secondary N) is 1. The van der Waals surface area contributed by atoms with Crippen LogP contribution < -0.4 is 5.32 Å². The maximum atomic E-state index is 13.2. The molecule has 6 heteroatoms. The molecule has 0 atom stereocenters. The Morgan fingerprint density at radius 1 is 1.42 bits per heavy atom. The van der Waals surface area contributed by atoms with E-state index in [4.69, 9.17) is 9.47 Å². The molecule has 1 amide bonds. The molecule has 1 heterocycles. The average molecular weight is 332 g/mol. The zero-order chi connectivity index (χ0) is 13.9.